The minimum absolute atomic E-state index is 0.0165. The molecule has 0 radical (unpaired) electrons. The molecule has 4 N–H and O–H groups in total. The fourth-order valence-electron chi connectivity index (χ4n) is 3.69. The van der Waals surface area contributed by atoms with Crippen molar-refractivity contribution in [3.05, 3.63) is 29.3 Å². The van der Waals surface area contributed by atoms with Gasteiger partial charge in [-0.1, -0.05) is 6.07 Å². The van der Waals surface area contributed by atoms with Crippen molar-refractivity contribution >= 4 is 5.69 Å². The molecule has 0 spiro atoms. The molecule has 142 valence electrons. The van der Waals surface area contributed by atoms with E-state index in [2.05, 4.69) is 19.2 Å². The van der Waals surface area contributed by atoms with Crippen molar-refractivity contribution in [2.75, 3.05) is 19.4 Å². The zero-order valence-electron chi connectivity index (χ0n) is 15.3. The third-order valence-corrected chi connectivity index (χ3v) is 5.22. The van der Waals surface area contributed by atoms with Gasteiger partial charge in [-0.25, -0.2) is 8.78 Å². The number of β-amino-alcohol motifs (C(OH)–C–C–N with tert-alkyl or cyclic N) is 1. The zero-order chi connectivity index (χ0) is 18.6. The Hall–Kier alpha value is -1.24. The van der Waals surface area contributed by atoms with Crippen LogP contribution in [-0.4, -0.2) is 30.4 Å². The van der Waals surface area contributed by atoms with Crippen molar-refractivity contribution in [3.8, 4) is 0 Å². The molecule has 2 rings (SSSR count). The lowest BCUT2D eigenvalue weighted by molar-refractivity contribution is 0.0504. The summed E-state index contributed by atoms with van der Waals surface area (Å²) in [6.45, 7) is 4.34. The topological polar surface area (TPSA) is 67.5 Å². The van der Waals surface area contributed by atoms with E-state index in [-0.39, 0.29) is 17.6 Å². The van der Waals surface area contributed by atoms with E-state index in [1.165, 1.54) is 6.07 Å². The molecule has 0 aliphatic heterocycles. The van der Waals surface area contributed by atoms with Gasteiger partial charge in [0, 0.05) is 24.8 Å². The average Bonchev–Trinajstić information content (AvgIpc) is 2.58. The van der Waals surface area contributed by atoms with Gasteiger partial charge in [-0.15, -0.1) is 0 Å². The van der Waals surface area contributed by atoms with Gasteiger partial charge in [-0.05, 0) is 57.9 Å². The second-order valence-corrected chi connectivity index (χ2v) is 7.73. The molecular formula is C19H30F2N2O2. The van der Waals surface area contributed by atoms with Gasteiger partial charge in [0.05, 0.1) is 12.2 Å². The molecule has 1 saturated carbocycles. The summed E-state index contributed by atoms with van der Waals surface area (Å²) in [4.78, 5) is 0. The molecule has 1 aliphatic carbocycles. The van der Waals surface area contributed by atoms with Crippen LogP contribution in [0.3, 0.4) is 0 Å². The fourth-order valence-corrected chi connectivity index (χ4v) is 3.69. The third-order valence-electron chi connectivity index (χ3n) is 5.22. The summed E-state index contributed by atoms with van der Waals surface area (Å²) in [6, 6.07) is 2.32. The zero-order valence-corrected chi connectivity index (χ0v) is 15.3. The van der Waals surface area contributed by atoms with Crippen molar-refractivity contribution in [2.45, 2.75) is 63.7 Å². The van der Waals surface area contributed by atoms with E-state index in [0.717, 1.165) is 38.2 Å². The summed E-state index contributed by atoms with van der Waals surface area (Å²) in [6.07, 6.45) is 4.71. The van der Waals surface area contributed by atoms with Gasteiger partial charge in [0.15, 0.2) is 5.82 Å². The van der Waals surface area contributed by atoms with Gasteiger partial charge >= 0.3 is 0 Å². The van der Waals surface area contributed by atoms with Crippen molar-refractivity contribution in [2.24, 2.45) is 5.92 Å². The van der Waals surface area contributed by atoms with Gasteiger partial charge in [0.25, 0.3) is 0 Å². The highest BCUT2D eigenvalue weighted by molar-refractivity contribution is 5.45. The lowest BCUT2D eigenvalue weighted by Crippen LogP contribution is -2.43. The van der Waals surface area contributed by atoms with Crippen LogP contribution in [0.15, 0.2) is 12.1 Å². The number of hydrogen-bond donors (Lipinski definition) is 3. The largest absolute Gasteiger partial charge is 0.394 e. The molecule has 1 aromatic carbocycles. The Balaban J connectivity index is 1.88. The maximum atomic E-state index is 14.0. The molecule has 25 heavy (non-hydrogen) atoms. The lowest BCUT2D eigenvalue weighted by atomic mass is 9.79. The molecule has 4 nitrogen and oxygen atoms in total. The Morgan fingerprint density at radius 3 is 2.52 bits per heavy atom. The Morgan fingerprint density at radius 1 is 1.28 bits per heavy atom. The number of nitrogen functional groups attached to an aromatic ring is 1. The second kappa shape index (κ2) is 8.43. The van der Waals surface area contributed by atoms with Crippen LogP contribution < -0.4 is 11.1 Å². The Kier molecular flexibility index (Phi) is 6.77. The number of benzene rings is 1. The van der Waals surface area contributed by atoms with E-state index >= 15 is 0 Å². The molecular weight excluding hydrogens is 326 g/mol. The SMILES string of the molecule is COC1CCC(CC(C)(C)NC[C@H](O)c2ccc(F)c(N)c2F)CC1. The standard InChI is InChI=1S/C19H30F2N2O2/c1-19(2,10-12-4-6-13(25-3)7-5-12)23-11-16(24)14-8-9-15(20)18(22)17(14)21/h8-9,12-13,16,23-24H,4-7,10-11,22H2,1-3H3/t12?,13?,16-/m0/s1. The minimum atomic E-state index is -1.08. The van der Waals surface area contributed by atoms with Crippen molar-refractivity contribution in [1.29, 1.82) is 0 Å². The van der Waals surface area contributed by atoms with E-state index in [0.29, 0.717) is 12.0 Å². The lowest BCUT2D eigenvalue weighted by Gasteiger charge is -2.35. The quantitative estimate of drug-likeness (QED) is 0.654. The van der Waals surface area contributed by atoms with E-state index in [1.54, 1.807) is 7.11 Å². The van der Waals surface area contributed by atoms with Crippen LogP contribution in [0.4, 0.5) is 14.5 Å². The van der Waals surface area contributed by atoms with Crippen molar-refractivity contribution in [1.82, 2.24) is 5.32 Å². The molecule has 1 fully saturated rings. The number of nitrogens with two attached hydrogens (primary N) is 1. The summed E-state index contributed by atoms with van der Waals surface area (Å²) in [7, 11) is 1.76. The molecule has 0 bridgehead atoms. The van der Waals surface area contributed by atoms with Crippen molar-refractivity contribution < 1.29 is 18.6 Å². The molecule has 6 heteroatoms. The number of aliphatic hydroxyl groups excluding tert-OH is 1. The van der Waals surface area contributed by atoms with Gasteiger partial charge < -0.3 is 20.9 Å². The van der Waals surface area contributed by atoms with E-state index < -0.39 is 23.4 Å². The van der Waals surface area contributed by atoms with Crippen LogP contribution in [0, 0.1) is 17.6 Å². The molecule has 1 aliphatic rings. The van der Waals surface area contributed by atoms with Gasteiger partial charge in [0.1, 0.15) is 11.5 Å². The van der Waals surface area contributed by atoms with Crippen LogP contribution in [0.2, 0.25) is 0 Å². The van der Waals surface area contributed by atoms with Gasteiger partial charge in [-0.3, -0.25) is 0 Å². The summed E-state index contributed by atoms with van der Waals surface area (Å²) >= 11 is 0. The molecule has 1 aromatic rings. The van der Waals surface area contributed by atoms with E-state index in [9.17, 15) is 13.9 Å². The number of ether oxygens (including phenoxy) is 1. The van der Waals surface area contributed by atoms with Crippen molar-refractivity contribution in [3.63, 3.8) is 0 Å². The third kappa shape index (κ3) is 5.36. The smallest absolute Gasteiger partial charge is 0.154 e. The maximum absolute atomic E-state index is 14.0. The second-order valence-electron chi connectivity index (χ2n) is 7.73. The summed E-state index contributed by atoms with van der Waals surface area (Å²) in [5, 5.41) is 13.6. The molecule has 1 atom stereocenters. The molecule has 0 amide bonds. The first-order valence-corrected chi connectivity index (χ1v) is 8.92. The minimum Gasteiger partial charge on any atom is -0.394 e. The average molecular weight is 356 g/mol. The molecule has 0 unspecified atom stereocenters. The number of anilines is 1. The predicted molar refractivity (Wildman–Crippen MR) is 95.2 cm³/mol. The van der Waals surface area contributed by atoms with Gasteiger partial charge in [-0.2, -0.15) is 0 Å². The highest BCUT2D eigenvalue weighted by atomic mass is 19.1. The summed E-state index contributed by atoms with van der Waals surface area (Å²) < 4.78 is 32.7. The number of rotatable bonds is 7. The monoisotopic (exact) mass is 356 g/mol. The number of nitrogens with one attached hydrogen (secondary N) is 1. The van der Waals surface area contributed by atoms with Gasteiger partial charge in [0.2, 0.25) is 0 Å². The Morgan fingerprint density at radius 2 is 1.92 bits per heavy atom. The summed E-state index contributed by atoms with van der Waals surface area (Å²) in [5.74, 6) is -1.08. The number of aliphatic hydroxyl groups is 1. The first-order valence-electron chi connectivity index (χ1n) is 8.92. The molecule has 0 heterocycles. The normalized spacial score (nSPS) is 22.8. The Bertz CT molecular complexity index is 573. The number of hydrogen-bond acceptors (Lipinski definition) is 4. The van der Waals surface area contributed by atoms with E-state index in [4.69, 9.17) is 10.5 Å². The van der Waals surface area contributed by atoms with Crippen LogP contribution in [0.25, 0.3) is 0 Å². The Labute approximate surface area is 148 Å². The van der Waals surface area contributed by atoms with E-state index in [1.807, 2.05) is 0 Å². The molecule has 0 aromatic heterocycles. The molecule has 0 saturated heterocycles. The highest BCUT2D eigenvalue weighted by Gasteiger charge is 2.28. The first kappa shape index (κ1) is 20.1. The maximum Gasteiger partial charge on any atom is 0.154 e. The summed E-state index contributed by atoms with van der Waals surface area (Å²) in [5.41, 5.74) is 4.64. The predicted octanol–water partition coefficient (Wildman–Crippen LogP) is 3.54. The number of methoxy groups -OCH3 is 1. The number of halogens is 2. The van der Waals surface area contributed by atoms with Crippen LogP contribution in [-0.2, 0) is 4.74 Å². The van der Waals surface area contributed by atoms with Crippen LogP contribution in [0.5, 0.6) is 0 Å². The fraction of sp³-hybridized carbons (Fsp3) is 0.684. The highest BCUT2D eigenvalue weighted by Crippen LogP contribution is 2.32. The van der Waals surface area contributed by atoms with Crippen LogP contribution in [0.1, 0.15) is 57.6 Å². The first-order chi connectivity index (χ1) is 11.7. The van der Waals surface area contributed by atoms with Crippen LogP contribution >= 0.6 is 0 Å².